The number of nitrogens with one attached hydrogen (secondary N) is 1. The highest BCUT2D eigenvalue weighted by Crippen LogP contribution is 2.28. The zero-order chi connectivity index (χ0) is 25.8. The number of thiophene rings is 1. The van der Waals surface area contributed by atoms with Crippen LogP contribution in [0.3, 0.4) is 0 Å². The van der Waals surface area contributed by atoms with Gasteiger partial charge in [-0.1, -0.05) is 25.1 Å². The van der Waals surface area contributed by atoms with Crippen molar-refractivity contribution in [1.82, 2.24) is 30.1 Å². The van der Waals surface area contributed by atoms with E-state index in [1.807, 2.05) is 35.7 Å². The number of tetrazole rings is 1. The van der Waals surface area contributed by atoms with Gasteiger partial charge in [-0.2, -0.15) is 0 Å². The summed E-state index contributed by atoms with van der Waals surface area (Å²) in [6.45, 7) is 3.54. The minimum Gasteiger partial charge on any atom is -0.497 e. The lowest BCUT2D eigenvalue weighted by molar-refractivity contribution is 0.163. The van der Waals surface area contributed by atoms with E-state index in [9.17, 15) is 9.18 Å². The van der Waals surface area contributed by atoms with Crippen molar-refractivity contribution in [1.29, 1.82) is 0 Å². The summed E-state index contributed by atoms with van der Waals surface area (Å²) in [6, 6.07) is 17.8. The molecule has 0 amide bonds. The van der Waals surface area contributed by atoms with Crippen LogP contribution in [0, 0.1) is 5.82 Å². The molecule has 1 N–H and O–H groups in total. The highest BCUT2D eigenvalue weighted by atomic mass is 32.1. The zero-order valence-electron chi connectivity index (χ0n) is 20.6. The van der Waals surface area contributed by atoms with Crippen LogP contribution in [-0.4, -0.2) is 37.2 Å². The molecule has 190 valence electrons. The standard InChI is InChI=1S/C27H27FN6O2S/c1-3-25(26-30-31-32-34(26)15-18-6-8-21(28)9-7-18)33(17-23-5-4-12-37-23)16-20-13-19-14-22(36-2)10-11-24(19)29-27(20)35/h4-14,25H,3,15-17H2,1-2H3,(H,29,35)/t25-/m1/s1. The molecule has 2 aromatic carbocycles. The van der Waals surface area contributed by atoms with Gasteiger partial charge in [-0.25, -0.2) is 9.07 Å². The number of methoxy groups -OCH3 is 1. The molecule has 0 bridgehead atoms. The fraction of sp³-hybridized carbons (Fsp3) is 0.259. The van der Waals surface area contributed by atoms with E-state index in [1.165, 1.54) is 17.0 Å². The number of fused-ring (bicyclic) bond motifs is 1. The van der Waals surface area contributed by atoms with Crippen LogP contribution in [0.25, 0.3) is 10.9 Å². The third-order valence-electron chi connectivity index (χ3n) is 6.37. The SMILES string of the molecule is CC[C@H](c1nnnn1Cc1ccc(F)cc1)N(Cc1cccs1)Cc1cc2cc(OC)ccc2[nH]c1=O. The van der Waals surface area contributed by atoms with Crippen LogP contribution in [0.4, 0.5) is 4.39 Å². The molecule has 3 aromatic heterocycles. The Kier molecular flexibility index (Phi) is 7.38. The number of aromatic nitrogens is 5. The zero-order valence-corrected chi connectivity index (χ0v) is 21.4. The van der Waals surface area contributed by atoms with Gasteiger partial charge in [-0.05, 0) is 70.3 Å². The molecule has 0 saturated carbocycles. The molecule has 0 saturated heterocycles. The Labute approximate surface area is 217 Å². The lowest BCUT2D eigenvalue weighted by Crippen LogP contribution is -2.32. The van der Waals surface area contributed by atoms with Crippen molar-refractivity contribution < 1.29 is 9.13 Å². The van der Waals surface area contributed by atoms with Crippen molar-refractivity contribution in [2.75, 3.05) is 7.11 Å². The monoisotopic (exact) mass is 518 g/mol. The summed E-state index contributed by atoms with van der Waals surface area (Å²) in [5, 5.41) is 15.5. The first kappa shape index (κ1) is 24.8. The van der Waals surface area contributed by atoms with Gasteiger partial charge in [0.05, 0.1) is 19.7 Å². The summed E-state index contributed by atoms with van der Waals surface area (Å²) >= 11 is 1.67. The summed E-state index contributed by atoms with van der Waals surface area (Å²) in [7, 11) is 1.62. The van der Waals surface area contributed by atoms with Crippen LogP contribution in [0.15, 0.2) is 70.8 Å². The number of pyridine rings is 1. The van der Waals surface area contributed by atoms with Gasteiger partial charge in [0.2, 0.25) is 0 Å². The number of nitrogens with zero attached hydrogens (tertiary/aromatic N) is 5. The van der Waals surface area contributed by atoms with Gasteiger partial charge in [0.25, 0.3) is 5.56 Å². The summed E-state index contributed by atoms with van der Waals surface area (Å²) in [5.41, 5.74) is 2.17. The molecule has 0 radical (unpaired) electrons. The van der Waals surface area contributed by atoms with Gasteiger partial charge < -0.3 is 9.72 Å². The Hall–Kier alpha value is -3.89. The Morgan fingerprint density at radius 3 is 2.70 bits per heavy atom. The Balaban J connectivity index is 1.50. The molecular weight excluding hydrogens is 491 g/mol. The lowest BCUT2D eigenvalue weighted by Gasteiger charge is -2.30. The van der Waals surface area contributed by atoms with E-state index in [-0.39, 0.29) is 17.4 Å². The predicted molar refractivity (Wildman–Crippen MR) is 141 cm³/mol. The molecule has 10 heteroatoms. The smallest absolute Gasteiger partial charge is 0.252 e. The van der Waals surface area contributed by atoms with Crippen molar-refractivity contribution >= 4 is 22.2 Å². The van der Waals surface area contributed by atoms with Gasteiger partial charge >= 0.3 is 0 Å². The van der Waals surface area contributed by atoms with E-state index < -0.39 is 0 Å². The number of aromatic amines is 1. The van der Waals surface area contributed by atoms with Gasteiger partial charge in [-0.3, -0.25) is 9.69 Å². The summed E-state index contributed by atoms with van der Waals surface area (Å²) in [6.07, 6.45) is 0.731. The second-order valence-electron chi connectivity index (χ2n) is 8.81. The number of rotatable bonds is 10. The fourth-order valence-corrected chi connectivity index (χ4v) is 5.23. The number of halogens is 1. The topological polar surface area (TPSA) is 88.9 Å². The third-order valence-corrected chi connectivity index (χ3v) is 7.23. The number of ether oxygens (including phenoxy) is 1. The highest BCUT2D eigenvalue weighted by Gasteiger charge is 2.26. The molecule has 0 unspecified atom stereocenters. The molecule has 1 atom stereocenters. The molecule has 5 rings (SSSR count). The largest absolute Gasteiger partial charge is 0.497 e. The molecule has 0 aliphatic heterocycles. The van der Waals surface area contributed by atoms with Gasteiger partial charge in [0.1, 0.15) is 11.6 Å². The van der Waals surface area contributed by atoms with Crippen LogP contribution >= 0.6 is 11.3 Å². The molecule has 0 aliphatic rings. The average molecular weight is 519 g/mol. The van der Waals surface area contributed by atoms with Crippen molar-refractivity contribution in [2.45, 2.75) is 39.0 Å². The summed E-state index contributed by atoms with van der Waals surface area (Å²) < 4.78 is 20.5. The minimum absolute atomic E-state index is 0.130. The second-order valence-corrected chi connectivity index (χ2v) is 9.84. The molecule has 0 aliphatic carbocycles. The molecule has 37 heavy (non-hydrogen) atoms. The molecule has 8 nitrogen and oxygen atoms in total. The van der Waals surface area contributed by atoms with Crippen molar-refractivity contribution in [3.63, 3.8) is 0 Å². The first-order valence-electron chi connectivity index (χ1n) is 12.0. The molecule has 5 aromatic rings. The Bertz CT molecular complexity index is 1530. The maximum absolute atomic E-state index is 13.4. The van der Waals surface area contributed by atoms with Crippen LogP contribution in [0.2, 0.25) is 0 Å². The Morgan fingerprint density at radius 2 is 1.97 bits per heavy atom. The summed E-state index contributed by atoms with van der Waals surface area (Å²) in [4.78, 5) is 19.5. The van der Waals surface area contributed by atoms with E-state index in [2.05, 4.69) is 38.4 Å². The van der Waals surface area contributed by atoms with Gasteiger partial charge in [-0.15, -0.1) is 16.4 Å². The third kappa shape index (κ3) is 5.60. The van der Waals surface area contributed by atoms with Crippen molar-refractivity contribution in [2.24, 2.45) is 0 Å². The minimum atomic E-state index is -0.285. The van der Waals surface area contributed by atoms with Gasteiger partial charge in [0, 0.05) is 34.4 Å². The van der Waals surface area contributed by atoms with Crippen LogP contribution < -0.4 is 10.3 Å². The number of benzene rings is 2. The summed E-state index contributed by atoms with van der Waals surface area (Å²) in [5.74, 6) is 1.14. The maximum Gasteiger partial charge on any atom is 0.252 e. The molecule has 0 spiro atoms. The van der Waals surface area contributed by atoms with Crippen LogP contribution in [0.5, 0.6) is 5.75 Å². The molecule has 3 heterocycles. The highest BCUT2D eigenvalue weighted by molar-refractivity contribution is 7.09. The van der Waals surface area contributed by atoms with E-state index in [1.54, 1.807) is 35.3 Å². The number of hydrogen-bond acceptors (Lipinski definition) is 7. The maximum atomic E-state index is 13.4. The van der Waals surface area contributed by atoms with E-state index >= 15 is 0 Å². The number of H-pyrrole nitrogens is 1. The fourth-order valence-electron chi connectivity index (χ4n) is 4.50. The normalized spacial score (nSPS) is 12.3. The van der Waals surface area contributed by atoms with E-state index in [0.29, 0.717) is 31.0 Å². The van der Waals surface area contributed by atoms with Crippen molar-refractivity contribution in [3.05, 3.63) is 104 Å². The lowest BCUT2D eigenvalue weighted by atomic mass is 10.1. The quantitative estimate of drug-likeness (QED) is 0.282. The first-order valence-corrected chi connectivity index (χ1v) is 12.9. The average Bonchev–Trinajstić information content (AvgIpc) is 3.58. The predicted octanol–water partition coefficient (Wildman–Crippen LogP) is 4.93. The van der Waals surface area contributed by atoms with E-state index in [4.69, 9.17) is 4.74 Å². The van der Waals surface area contributed by atoms with E-state index in [0.717, 1.165) is 28.6 Å². The number of hydrogen-bond donors (Lipinski definition) is 1. The van der Waals surface area contributed by atoms with Gasteiger partial charge in [0.15, 0.2) is 5.82 Å². The first-order chi connectivity index (χ1) is 18.0. The second kappa shape index (κ2) is 11.0. The molecule has 0 fully saturated rings. The Morgan fingerprint density at radius 1 is 1.14 bits per heavy atom. The van der Waals surface area contributed by atoms with Crippen LogP contribution in [-0.2, 0) is 19.6 Å². The van der Waals surface area contributed by atoms with Crippen LogP contribution in [0.1, 0.15) is 41.2 Å². The van der Waals surface area contributed by atoms with Crippen molar-refractivity contribution in [3.8, 4) is 5.75 Å². The molecular formula is C27H27FN6O2S.